The molecule has 0 aliphatic rings. The van der Waals surface area contributed by atoms with Crippen LogP contribution in [0.4, 0.5) is 11.5 Å². The Bertz CT molecular complexity index is 933. The second-order valence-corrected chi connectivity index (χ2v) is 7.66. The summed E-state index contributed by atoms with van der Waals surface area (Å²) in [7, 11) is 0. The van der Waals surface area contributed by atoms with E-state index in [1.807, 2.05) is 61.7 Å². The molecule has 27 heavy (non-hydrogen) atoms. The van der Waals surface area contributed by atoms with E-state index in [2.05, 4.69) is 20.6 Å². The quantitative estimate of drug-likeness (QED) is 0.415. The highest BCUT2D eigenvalue weighted by Crippen LogP contribution is 2.26. The summed E-state index contributed by atoms with van der Waals surface area (Å²) in [4.78, 5) is 22.5. The lowest BCUT2D eigenvalue weighted by atomic mass is 10.2. The van der Waals surface area contributed by atoms with Crippen LogP contribution in [0, 0.1) is 0 Å². The first kappa shape index (κ1) is 19.5. The van der Waals surface area contributed by atoms with Gasteiger partial charge in [0.2, 0.25) is 5.91 Å². The Hall–Kier alpha value is -2.25. The van der Waals surface area contributed by atoms with Gasteiger partial charge in [0, 0.05) is 29.0 Å². The van der Waals surface area contributed by atoms with Gasteiger partial charge in [-0.25, -0.2) is 9.97 Å². The van der Waals surface area contributed by atoms with Crippen LogP contribution < -0.4 is 10.6 Å². The summed E-state index contributed by atoms with van der Waals surface area (Å²) >= 11 is 3.11. The van der Waals surface area contributed by atoms with Crippen molar-refractivity contribution in [2.75, 3.05) is 29.2 Å². The van der Waals surface area contributed by atoms with Gasteiger partial charge in [0.1, 0.15) is 5.82 Å². The maximum absolute atomic E-state index is 12.3. The fourth-order valence-corrected chi connectivity index (χ4v) is 3.96. The molecule has 0 fully saturated rings. The molecule has 3 aromatic rings. The van der Waals surface area contributed by atoms with Gasteiger partial charge in [-0.15, -0.1) is 11.8 Å². The van der Waals surface area contributed by atoms with Crippen LogP contribution in [0.1, 0.15) is 13.3 Å². The highest BCUT2D eigenvalue weighted by molar-refractivity contribution is 7.99. The molecule has 1 amide bonds. The van der Waals surface area contributed by atoms with E-state index in [1.165, 1.54) is 11.8 Å². The van der Waals surface area contributed by atoms with Crippen LogP contribution in [-0.4, -0.2) is 34.4 Å². The van der Waals surface area contributed by atoms with E-state index in [-0.39, 0.29) is 5.91 Å². The van der Waals surface area contributed by atoms with Gasteiger partial charge in [0.05, 0.1) is 11.2 Å². The second-order valence-electron chi connectivity index (χ2n) is 5.75. The predicted octanol–water partition coefficient (Wildman–Crippen LogP) is 4.90. The van der Waals surface area contributed by atoms with Crippen molar-refractivity contribution < 1.29 is 4.79 Å². The molecule has 0 aliphatic carbocycles. The van der Waals surface area contributed by atoms with E-state index in [1.54, 1.807) is 11.8 Å². The molecule has 0 aliphatic heterocycles. The van der Waals surface area contributed by atoms with Crippen LogP contribution in [0.2, 0.25) is 0 Å². The molecule has 2 aromatic carbocycles. The molecule has 0 radical (unpaired) electrons. The molecular formula is C20H22N4OS2. The molecule has 140 valence electrons. The number of para-hydroxylation sites is 2. The fourth-order valence-electron chi connectivity index (χ4n) is 2.62. The highest BCUT2D eigenvalue weighted by Gasteiger charge is 2.10. The third kappa shape index (κ3) is 5.14. The smallest absolute Gasteiger partial charge is 0.225 e. The van der Waals surface area contributed by atoms with Crippen LogP contribution in [0.5, 0.6) is 0 Å². The van der Waals surface area contributed by atoms with Crippen molar-refractivity contribution in [3.8, 4) is 0 Å². The number of aromatic nitrogens is 2. The van der Waals surface area contributed by atoms with Gasteiger partial charge in [-0.2, -0.15) is 0 Å². The molecule has 0 unspecified atom stereocenters. The van der Waals surface area contributed by atoms with Crippen molar-refractivity contribution in [2.45, 2.75) is 23.4 Å². The predicted molar refractivity (Wildman–Crippen MR) is 116 cm³/mol. The van der Waals surface area contributed by atoms with Gasteiger partial charge in [0.25, 0.3) is 0 Å². The number of carbonyl (C=O) groups is 1. The Kier molecular flexibility index (Phi) is 6.95. The topological polar surface area (TPSA) is 66.9 Å². The summed E-state index contributed by atoms with van der Waals surface area (Å²) in [5, 5.41) is 7.96. The monoisotopic (exact) mass is 398 g/mol. The number of nitrogens with zero attached hydrogens (tertiary/aromatic N) is 2. The molecule has 7 heteroatoms. The van der Waals surface area contributed by atoms with Crippen molar-refractivity contribution in [3.05, 3.63) is 48.5 Å². The number of hydrogen-bond acceptors (Lipinski definition) is 6. The van der Waals surface area contributed by atoms with Crippen LogP contribution >= 0.6 is 23.5 Å². The molecule has 3 rings (SSSR count). The molecular weight excluding hydrogens is 376 g/mol. The van der Waals surface area contributed by atoms with Crippen molar-refractivity contribution in [1.82, 2.24) is 9.97 Å². The fraction of sp³-hybridized carbons (Fsp3) is 0.250. The van der Waals surface area contributed by atoms with Crippen LogP contribution in [0.3, 0.4) is 0 Å². The number of rotatable bonds is 8. The van der Waals surface area contributed by atoms with E-state index in [0.29, 0.717) is 17.3 Å². The zero-order valence-corrected chi connectivity index (χ0v) is 17.0. The number of nitrogens with one attached hydrogen (secondary N) is 2. The van der Waals surface area contributed by atoms with Gasteiger partial charge in [-0.3, -0.25) is 4.79 Å². The average molecular weight is 399 g/mol. The summed E-state index contributed by atoms with van der Waals surface area (Å²) in [6.07, 6.45) is 2.40. The first-order valence-corrected chi connectivity index (χ1v) is 11.0. The Morgan fingerprint density at radius 2 is 1.85 bits per heavy atom. The number of hydrogen-bond donors (Lipinski definition) is 2. The van der Waals surface area contributed by atoms with Crippen LogP contribution in [-0.2, 0) is 4.79 Å². The summed E-state index contributed by atoms with van der Waals surface area (Å²) in [5.74, 6) is 1.46. The van der Waals surface area contributed by atoms with E-state index in [9.17, 15) is 4.79 Å². The van der Waals surface area contributed by atoms with Gasteiger partial charge < -0.3 is 10.6 Å². The number of benzene rings is 2. The van der Waals surface area contributed by atoms with Gasteiger partial charge in [0.15, 0.2) is 5.16 Å². The number of carbonyl (C=O) groups excluding carboxylic acids is 1. The average Bonchev–Trinajstić information content (AvgIpc) is 2.68. The summed E-state index contributed by atoms with van der Waals surface area (Å²) in [5.41, 5.74) is 1.76. The van der Waals surface area contributed by atoms with E-state index >= 15 is 0 Å². The summed E-state index contributed by atoms with van der Waals surface area (Å²) in [6, 6.07) is 15.8. The summed E-state index contributed by atoms with van der Waals surface area (Å²) in [6.45, 7) is 2.84. The SMILES string of the molecule is CCNc1nc(SCCC(=O)Nc2ccccc2SC)nc2ccccc12. The van der Waals surface area contributed by atoms with Crippen molar-refractivity contribution in [3.63, 3.8) is 0 Å². The molecule has 1 heterocycles. The first-order valence-electron chi connectivity index (χ1n) is 8.77. The molecule has 1 aromatic heterocycles. The Labute approximate surface area is 167 Å². The minimum Gasteiger partial charge on any atom is -0.370 e. The number of amides is 1. The Morgan fingerprint density at radius 3 is 2.67 bits per heavy atom. The largest absolute Gasteiger partial charge is 0.370 e. The van der Waals surface area contributed by atoms with Gasteiger partial charge in [-0.1, -0.05) is 36.0 Å². The maximum Gasteiger partial charge on any atom is 0.225 e. The summed E-state index contributed by atoms with van der Waals surface area (Å²) < 4.78 is 0. The minimum absolute atomic E-state index is 0.00306. The molecule has 0 saturated heterocycles. The minimum atomic E-state index is -0.00306. The zero-order valence-electron chi connectivity index (χ0n) is 15.4. The Balaban J connectivity index is 1.62. The highest BCUT2D eigenvalue weighted by atomic mass is 32.2. The zero-order chi connectivity index (χ0) is 19.1. The molecule has 0 spiro atoms. The molecule has 2 N–H and O–H groups in total. The van der Waals surface area contributed by atoms with Crippen molar-refractivity contribution in [2.24, 2.45) is 0 Å². The van der Waals surface area contributed by atoms with Gasteiger partial charge in [-0.05, 0) is 37.4 Å². The van der Waals surface area contributed by atoms with Crippen molar-refractivity contribution in [1.29, 1.82) is 0 Å². The normalized spacial score (nSPS) is 10.7. The first-order chi connectivity index (χ1) is 13.2. The van der Waals surface area contributed by atoms with E-state index < -0.39 is 0 Å². The Morgan fingerprint density at radius 1 is 1.07 bits per heavy atom. The van der Waals surface area contributed by atoms with Gasteiger partial charge >= 0.3 is 0 Å². The number of fused-ring (bicyclic) bond motifs is 1. The third-order valence-corrected chi connectivity index (χ3v) is 5.51. The standard InChI is InChI=1S/C20H22N4OS2/c1-3-21-19-14-8-4-5-9-15(14)23-20(24-19)27-13-12-18(25)22-16-10-6-7-11-17(16)26-2/h4-11H,3,12-13H2,1-2H3,(H,22,25)(H,21,23,24). The second kappa shape index (κ2) is 9.62. The third-order valence-electron chi connectivity index (χ3n) is 3.87. The molecule has 0 saturated carbocycles. The lowest BCUT2D eigenvalue weighted by Gasteiger charge is -2.10. The lowest BCUT2D eigenvalue weighted by molar-refractivity contribution is -0.115. The maximum atomic E-state index is 12.3. The number of thioether (sulfide) groups is 2. The number of anilines is 2. The molecule has 5 nitrogen and oxygen atoms in total. The molecule has 0 bridgehead atoms. The van der Waals surface area contributed by atoms with Crippen LogP contribution in [0.15, 0.2) is 58.6 Å². The lowest BCUT2D eigenvalue weighted by Crippen LogP contribution is -2.13. The van der Waals surface area contributed by atoms with Crippen LogP contribution in [0.25, 0.3) is 10.9 Å². The van der Waals surface area contributed by atoms with Crippen molar-refractivity contribution >= 4 is 51.8 Å². The molecule has 0 atom stereocenters. The van der Waals surface area contributed by atoms with E-state index in [4.69, 9.17) is 0 Å². The van der Waals surface area contributed by atoms with E-state index in [0.717, 1.165) is 33.8 Å².